The fraction of sp³-hybridized carbons (Fsp3) is 0.591. The molecule has 16 N–H and O–H groups in total. The van der Waals surface area contributed by atoms with E-state index in [-0.39, 0.29) is 49.0 Å². The Kier molecular flexibility index (Phi) is 23.3. The van der Waals surface area contributed by atoms with Crippen LogP contribution in [0.3, 0.4) is 0 Å². The molecule has 1 aromatic carbocycles. The summed E-state index contributed by atoms with van der Waals surface area (Å²) in [6.07, 6.45) is -1.60. The fourth-order valence-corrected chi connectivity index (χ4v) is 9.74. The van der Waals surface area contributed by atoms with Crippen molar-refractivity contribution in [2.24, 2.45) is 40.7 Å². The van der Waals surface area contributed by atoms with E-state index in [0.717, 1.165) is 26.5 Å². The van der Waals surface area contributed by atoms with Crippen LogP contribution in [0, 0.1) is 29.1 Å². The van der Waals surface area contributed by atoms with Gasteiger partial charge in [0.05, 0.1) is 31.0 Å². The maximum atomic E-state index is 14.6. The quantitative estimate of drug-likeness (QED) is 0.0665. The summed E-state index contributed by atoms with van der Waals surface area (Å²) in [5, 5.41) is 37.4. The van der Waals surface area contributed by atoms with Crippen molar-refractivity contribution in [3.8, 4) is 11.8 Å². The SMILES string of the molecule is CC[C@H](C)[C@@H]1NC(=O)[C@H](Cc2ccc(O)cc2)NC(=O)[C@@H](N)CSSC[C@@H](C(=O)N2C[C@@H](C#N)C[C@H]2C(=O)N[C@H](CC(C)C)C(=O)NCC(N)=O)NC(=O)[C@H](CC(N)=O)NC(=O)[C@H](CCC(N)=O)NC1=O. The second kappa shape index (κ2) is 28.3. The Hall–Kier alpha value is -6.66. The molecule has 27 heteroatoms. The average Bonchev–Trinajstić information content (AvgIpc) is 3.75. The number of hydrogen-bond acceptors (Lipinski definition) is 16. The maximum Gasteiger partial charge on any atom is 0.246 e. The minimum atomic E-state index is -1.81. The first kappa shape index (κ1) is 58.7. The molecule has 0 unspecified atom stereocenters. The molecule has 0 radical (unpaired) electrons. The molecule has 0 aliphatic carbocycles. The predicted molar refractivity (Wildman–Crippen MR) is 259 cm³/mol. The van der Waals surface area contributed by atoms with Crippen LogP contribution in [0.2, 0.25) is 0 Å². The van der Waals surface area contributed by atoms with Gasteiger partial charge in [-0.25, -0.2) is 0 Å². The molecule has 0 bridgehead atoms. The lowest BCUT2D eigenvalue weighted by molar-refractivity contribution is -0.142. The number of amides is 11. The summed E-state index contributed by atoms with van der Waals surface area (Å²) in [5.41, 5.74) is 22.9. The van der Waals surface area contributed by atoms with Crippen LogP contribution in [0.5, 0.6) is 5.75 Å². The second-order valence-corrected chi connectivity index (χ2v) is 20.3. The molecule has 0 spiro atoms. The van der Waals surface area contributed by atoms with Crippen LogP contribution < -0.4 is 60.2 Å². The molecule has 2 aliphatic heterocycles. The Morgan fingerprint density at radius 2 is 1.42 bits per heavy atom. The number of hydrogen-bond donors (Lipinski definition) is 12. The molecule has 25 nitrogen and oxygen atoms in total. The van der Waals surface area contributed by atoms with E-state index in [2.05, 4.69) is 37.2 Å². The van der Waals surface area contributed by atoms with Gasteiger partial charge in [0.25, 0.3) is 0 Å². The highest BCUT2D eigenvalue weighted by Crippen LogP contribution is 2.28. The van der Waals surface area contributed by atoms with Gasteiger partial charge in [-0.2, -0.15) is 5.26 Å². The topological polar surface area (TPSA) is 423 Å². The Morgan fingerprint density at radius 1 is 0.817 bits per heavy atom. The zero-order valence-corrected chi connectivity index (χ0v) is 41.5. The van der Waals surface area contributed by atoms with Gasteiger partial charge in [0.1, 0.15) is 48.0 Å². The van der Waals surface area contributed by atoms with E-state index < -0.39 is 151 Å². The van der Waals surface area contributed by atoms with E-state index in [4.69, 9.17) is 22.9 Å². The first-order valence-electron chi connectivity index (χ1n) is 22.9. The third-order valence-corrected chi connectivity index (χ3v) is 14.0. The van der Waals surface area contributed by atoms with Crippen molar-refractivity contribution >= 4 is 86.6 Å². The van der Waals surface area contributed by atoms with Crippen molar-refractivity contribution in [2.75, 3.05) is 24.6 Å². The lowest BCUT2D eigenvalue weighted by Crippen LogP contribution is -2.61. The molecule has 3 rings (SSSR count). The fourth-order valence-electron chi connectivity index (χ4n) is 7.46. The lowest BCUT2D eigenvalue weighted by atomic mass is 9.96. The van der Waals surface area contributed by atoms with Crippen LogP contribution in [-0.4, -0.2) is 148 Å². The number of phenols is 1. The highest BCUT2D eigenvalue weighted by molar-refractivity contribution is 8.76. The van der Waals surface area contributed by atoms with E-state index in [1.165, 1.54) is 24.3 Å². The molecule has 0 saturated carbocycles. The number of carbonyl (C=O) groups is 11. The highest BCUT2D eigenvalue weighted by atomic mass is 33.1. The Morgan fingerprint density at radius 3 is 2.01 bits per heavy atom. The van der Waals surface area contributed by atoms with Gasteiger partial charge in [0, 0.05) is 30.9 Å². The van der Waals surface area contributed by atoms with Crippen LogP contribution >= 0.6 is 21.6 Å². The van der Waals surface area contributed by atoms with Crippen molar-refractivity contribution in [2.45, 2.75) is 121 Å². The second-order valence-electron chi connectivity index (χ2n) is 17.8. The summed E-state index contributed by atoms with van der Waals surface area (Å²) < 4.78 is 0. The number of benzene rings is 1. The number of nitrogens with zero attached hydrogens (tertiary/aromatic N) is 2. The first-order chi connectivity index (χ1) is 33.4. The standard InChI is InChI=1S/C44H65N13O12S2/c1-5-22(4)36-43(68)51-27(10-11-33(47)59)39(64)53-30(15-34(48)60)40(65)55-31(20-71-70-19-26(46)37(62)52-29(41(66)56-36)13-23-6-8-25(58)9-7-23)44(69)57-18-24(16-45)14-32(57)42(67)54-28(12-21(2)3)38(63)50-17-35(49)61/h6-9,21-22,24,26-32,36,58H,5,10-15,17-20,46H2,1-4H3,(H2,47,59)(H2,48,60)(H2,49,61)(H,50,63)(H,51,68)(H,52,62)(H,53,64)(H,54,67)(H,55,65)(H,56,66)/t22-,24+,26-,27-,28+,29-,30-,31-,32-,36-/m0/s1. The van der Waals surface area contributed by atoms with E-state index in [1.54, 1.807) is 27.7 Å². The summed E-state index contributed by atoms with van der Waals surface area (Å²) in [7, 11) is 1.94. The largest absolute Gasteiger partial charge is 0.508 e. The minimum absolute atomic E-state index is 0.0594. The van der Waals surface area contributed by atoms with Gasteiger partial charge < -0.3 is 70.2 Å². The number of phenolic OH excluding ortho intramolecular Hbond substituents is 1. The van der Waals surface area contributed by atoms with Gasteiger partial charge >= 0.3 is 0 Å². The molecule has 71 heavy (non-hydrogen) atoms. The number of likely N-dealkylation sites (tertiary alicyclic amines) is 1. The Balaban J connectivity index is 2.10. The summed E-state index contributed by atoms with van der Waals surface area (Å²) in [4.78, 5) is 149. The molecule has 11 amide bonds. The number of nitrogens with two attached hydrogens (primary N) is 4. The lowest BCUT2D eigenvalue weighted by Gasteiger charge is -2.31. The van der Waals surface area contributed by atoms with Crippen molar-refractivity contribution in [3.63, 3.8) is 0 Å². The minimum Gasteiger partial charge on any atom is -0.508 e. The third-order valence-electron chi connectivity index (χ3n) is 11.5. The first-order valence-corrected chi connectivity index (χ1v) is 25.4. The van der Waals surface area contributed by atoms with Crippen molar-refractivity contribution in [3.05, 3.63) is 29.8 Å². The summed E-state index contributed by atoms with van der Waals surface area (Å²) in [6, 6.07) is -3.70. The van der Waals surface area contributed by atoms with Gasteiger partial charge in [-0.3, -0.25) is 52.7 Å². The summed E-state index contributed by atoms with van der Waals surface area (Å²) in [6.45, 7) is 6.11. The van der Waals surface area contributed by atoms with Gasteiger partial charge in [0.2, 0.25) is 65.0 Å². The average molecular weight is 1030 g/mol. The Bertz CT molecular complexity index is 2180. The molecule has 2 saturated heterocycles. The van der Waals surface area contributed by atoms with Crippen LogP contribution in [-0.2, 0) is 59.2 Å². The maximum absolute atomic E-state index is 14.6. The van der Waals surface area contributed by atoms with Crippen LogP contribution in [0.1, 0.15) is 71.8 Å². The number of aromatic hydroxyl groups is 1. The van der Waals surface area contributed by atoms with E-state index in [0.29, 0.717) is 12.0 Å². The van der Waals surface area contributed by atoms with Crippen molar-refractivity contribution in [1.29, 1.82) is 5.26 Å². The molecule has 2 heterocycles. The van der Waals surface area contributed by atoms with E-state index >= 15 is 0 Å². The normalized spacial score (nSPS) is 24.9. The molecule has 390 valence electrons. The summed E-state index contributed by atoms with van der Waals surface area (Å²) >= 11 is 0. The molecular weight excluding hydrogens is 967 g/mol. The van der Waals surface area contributed by atoms with E-state index in [9.17, 15) is 63.1 Å². The zero-order valence-electron chi connectivity index (χ0n) is 39.9. The Labute approximate surface area is 418 Å². The zero-order chi connectivity index (χ0) is 53.1. The number of primary amides is 3. The van der Waals surface area contributed by atoms with Crippen molar-refractivity contribution < 1.29 is 57.8 Å². The number of carbonyl (C=O) groups excluding carboxylic acids is 11. The molecule has 2 aliphatic rings. The predicted octanol–water partition coefficient (Wildman–Crippen LogP) is -3.86. The molecule has 1 aromatic rings. The van der Waals surface area contributed by atoms with Gasteiger partial charge in [-0.15, -0.1) is 0 Å². The summed E-state index contributed by atoms with van der Waals surface area (Å²) in [5.74, 6) is -12.1. The molecule has 0 aromatic heterocycles. The van der Waals surface area contributed by atoms with Crippen LogP contribution in [0.15, 0.2) is 24.3 Å². The monoisotopic (exact) mass is 1030 g/mol. The number of nitriles is 1. The number of nitrogens with one attached hydrogen (secondary N) is 7. The molecule has 10 atom stereocenters. The van der Waals surface area contributed by atoms with Gasteiger partial charge in [0.15, 0.2) is 0 Å². The third kappa shape index (κ3) is 18.9. The molecular formula is C44H65N13O12S2. The van der Waals surface area contributed by atoms with E-state index in [1.807, 2.05) is 6.07 Å². The van der Waals surface area contributed by atoms with Crippen LogP contribution in [0.4, 0.5) is 0 Å². The highest BCUT2D eigenvalue weighted by Gasteiger charge is 2.44. The molecule has 2 fully saturated rings. The van der Waals surface area contributed by atoms with Gasteiger partial charge in [-0.1, -0.05) is 67.8 Å². The van der Waals surface area contributed by atoms with Gasteiger partial charge in [-0.05, 0) is 48.8 Å². The number of rotatable bonds is 17. The smallest absolute Gasteiger partial charge is 0.246 e. The van der Waals surface area contributed by atoms with Crippen molar-refractivity contribution in [1.82, 2.24) is 42.1 Å². The van der Waals surface area contributed by atoms with Crippen LogP contribution in [0.25, 0.3) is 0 Å².